The van der Waals surface area contributed by atoms with Gasteiger partial charge >= 0.3 is 6.03 Å². The van der Waals surface area contributed by atoms with Crippen molar-refractivity contribution < 1.29 is 4.79 Å². The molecule has 2 aromatic rings. The second-order valence-electron chi connectivity index (χ2n) is 5.71. The molecule has 1 heterocycles. The number of hydrogen-bond donors (Lipinski definition) is 1. The number of carbonyl (C=O) groups is 1. The Hall–Kier alpha value is -1.91. The lowest BCUT2D eigenvalue weighted by Gasteiger charge is -2.36. The lowest BCUT2D eigenvalue weighted by Crippen LogP contribution is -2.51. The summed E-state index contributed by atoms with van der Waals surface area (Å²) in [4.78, 5) is 16.3. The van der Waals surface area contributed by atoms with E-state index in [4.69, 9.17) is 23.2 Å². The zero-order valence-electron chi connectivity index (χ0n) is 13.2. The first kappa shape index (κ1) is 16.9. The smallest absolute Gasteiger partial charge is 0.317 e. The van der Waals surface area contributed by atoms with E-state index in [0.717, 1.165) is 24.3 Å². The van der Waals surface area contributed by atoms with Crippen molar-refractivity contribution in [2.45, 2.75) is 6.54 Å². The Morgan fingerprint density at radius 2 is 1.71 bits per heavy atom. The molecule has 1 fully saturated rings. The minimum absolute atomic E-state index is 0.0318. The summed E-state index contributed by atoms with van der Waals surface area (Å²) in [7, 11) is 0. The van der Waals surface area contributed by atoms with Gasteiger partial charge in [0.2, 0.25) is 0 Å². The second-order valence-corrected chi connectivity index (χ2v) is 6.56. The van der Waals surface area contributed by atoms with Crippen LogP contribution in [0.5, 0.6) is 0 Å². The lowest BCUT2D eigenvalue weighted by atomic mass is 10.2. The monoisotopic (exact) mass is 363 g/mol. The van der Waals surface area contributed by atoms with Gasteiger partial charge in [0, 0.05) is 37.7 Å². The van der Waals surface area contributed by atoms with Gasteiger partial charge in [0.25, 0.3) is 0 Å². The van der Waals surface area contributed by atoms with Gasteiger partial charge in [-0.15, -0.1) is 0 Å². The first-order valence-corrected chi connectivity index (χ1v) is 8.66. The van der Waals surface area contributed by atoms with Crippen molar-refractivity contribution in [1.29, 1.82) is 0 Å². The van der Waals surface area contributed by atoms with Gasteiger partial charge in [-0.3, -0.25) is 0 Å². The second kappa shape index (κ2) is 7.77. The number of halogens is 2. The van der Waals surface area contributed by atoms with Crippen LogP contribution in [0.2, 0.25) is 10.0 Å². The van der Waals surface area contributed by atoms with Crippen LogP contribution in [0.25, 0.3) is 0 Å². The maximum atomic E-state index is 12.3. The summed E-state index contributed by atoms with van der Waals surface area (Å²) in [5, 5.41) is 4.31. The van der Waals surface area contributed by atoms with Crippen LogP contribution in [0, 0.1) is 0 Å². The highest BCUT2D eigenvalue weighted by Crippen LogP contribution is 2.29. The molecule has 1 N–H and O–H groups in total. The number of nitrogens with one attached hydrogen (secondary N) is 1. The van der Waals surface area contributed by atoms with Crippen LogP contribution >= 0.6 is 23.2 Å². The van der Waals surface area contributed by atoms with Gasteiger partial charge in [-0.1, -0.05) is 53.5 Å². The first-order chi connectivity index (χ1) is 11.6. The third-order valence-electron chi connectivity index (χ3n) is 4.10. The standard InChI is InChI=1S/C18H19Cl2N3O/c19-15-6-7-16(20)17(12-15)22-8-10-23(11-9-22)18(24)21-13-14-4-2-1-3-5-14/h1-7,12H,8-11,13H2,(H,21,24). The molecule has 0 aliphatic carbocycles. The van der Waals surface area contributed by atoms with E-state index in [0.29, 0.717) is 29.7 Å². The van der Waals surface area contributed by atoms with Crippen LogP contribution in [0.15, 0.2) is 48.5 Å². The van der Waals surface area contributed by atoms with Crippen LogP contribution in [-0.4, -0.2) is 37.1 Å². The van der Waals surface area contributed by atoms with E-state index in [1.54, 1.807) is 12.1 Å². The quantitative estimate of drug-likeness (QED) is 0.893. The molecular formula is C18H19Cl2N3O. The number of rotatable bonds is 3. The van der Waals surface area contributed by atoms with Crippen molar-refractivity contribution in [2.24, 2.45) is 0 Å². The van der Waals surface area contributed by atoms with Gasteiger partial charge in [0.1, 0.15) is 0 Å². The summed E-state index contributed by atoms with van der Waals surface area (Å²) in [5.74, 6) is 0. The average molecular weight is 364 g/mol. The highest BCUT2D eigenvalue weighted by atomic mass is 35.5. The Morgan fingerprint density at radius 1 is 1.00 bits per heavy atom. The summed E-state index contributed by atoms with van der Waals surface area (Å²) in [6.45, 7) is 3.32. The molecule has 0 aromatic heterocycles. The summed E-state index contributed by atoms with van der Waals surface area (Å²) in [6.07, 6.45) is 0. The summed E-state index contributed by atoms with van der Waals surface area (Å²) in [5.41, 5.74) is 2.02. The van der Waals surface area contributed by atoms with Gasteiger partial charge in [-0.2, -0.15) is 0 Å². The maximum absolute atomic E-state index is 12.3. The third-order valence-corrected chi connectivity index (χ3v) is 4.66. The van der Waals surface area contributed by atoms with E-state index >= 15 is 0 Å². The topological polar surface area (TPSA) is 35.6 Å². The molecule has 0 atom stereocenters. The number of benzene rings is 2. The van der Waals surface area contributed by atoms with Crippen LogP contribution in [0.3, 0.4) is 0 Å². The van der Waals surface area contributed by atoms with E-state index in [1.165, 1.54) is 0 Å². The van der Waals surface area contributed by atoms with E-state index in [2.05, 4.69) is 10.2 Å². The van der Waals surface area contributed by atoms with E-state index < -0.39 is 0 Å². The number of anilines is 1. The summed E-state index contributed by atoms with van der Waals surface area (Å²) >= 11 is 12.3. The molecule has 0 spiro atoms. The Labute approximate surface area is 152 Å². The molecule has 126 valence electrons. The Bertz CT molecular complexity index is 701. The number of nitrogens with zero attached hydrogens (tertiary/aromatic N) is 2. The fourth-order valence-electron chi connectivity index (χ4n) is 2.76. The van der Waals surface area contributed by atoms with Gasteiger partial charge in [0.05, 0.1) is 10.7 Å². The Kier molecular flexibility index (Phi) is 5.48. The minimum Gasteiger partial charge on any atom is -0.367 e. The zero-order valence-corrected chi connectivity index (χ0v) is 14.7. The maximum Gasteiger partial charge on any atom is 0.317 e. The molecule has 4 nitrogen and oxygen atoms in total. The Balaban J connectivity index is 1.53. The molecule has 2 aromatic carbocycles. The number of hydrogen-bond acceptors (Lipinski definition) is 2. The molecule has 2 amide bonds. The van der Waals surface area contributed by atoms with Crippen molar-refractivity contribution in [1.82, 2.24) is 10.2 Å². The fourth-order valence-corrected chi connectivity index (χ4v) is 3.17. The van der Waals surface area contributed by atoms with E-state index in [9.17, 15) is 4.79 Å². The predicted molar refractivity (Wildman–Crippen MR) is 98.9 cm³/mol. The normalized spacial score (nSPS) is 14.6. The minimum atomic E-state index is -0.0318. The molecule has 1 aliphatic heterocycles. The van der Waals surface area contributed by atoms with Crippen molar-refractivity contribution in [3.63, 3.8) is 0 Å². The third kappa shape index (κ3) is 4.13. The number of amides is 2. The first-order valence-electron chi connectivity index (χ1n) is 7.90. The lowest BCUT2D eigenvalue weighted by molar-refractivity contribution is 0.194. The van der Waals surface area contributed by atoms with Crippen LogP contribution in [0.1, 0.15) is 5.56 Å². The molecule has 24 heavy (non-hydrogen) atoms. The summed E-state index contributed by atoms with van der Waals surface area (Å²) in [6, 6.07) is 15.3. The Morgan fingerprint density at radius 3 is 2.42 bits per heavy atom. The molecule has 0 radical (unpaired) electrons. The average Bonchev–Trinajstić information content (AvgIpc) is 2.63. The molecule has 0 saturated carbocycles. The van der Waals surface area contributed by atoms with Gasteiger partial charge in [0.15, 0.2) is 0 Å². The molecule has 1 saturated heterocycles. The van der Waals surface area contributed by atoms with E-state index in [-0.39, 0.29) is 6.03 Å². The van der Waals surface area contributed by atoms with Gasteiger partial charge < -0.3 is 15.1 Å². The molecule has 1 aliphatic rings. The molecular weight excluding hydrogens is 345 g/mol. The highest BCUT2D eigenvalue weighted by molar-refractivity contribution is 6.35. The fraction of sp³-hybridized carbons (Fsp3) is 0.278. The number of piperazine rings is 1. The van der Waals surface area contributed by atoms with E-state index in [1.807, 2.05) is 41.3 Å². The van der Waals surface area contributed by atoms with Gasteiger partial charge in [-0.05, 0) is 23.8 Å². The molecule has 0 bridgehead atoms. The summed E-state index contributed by atoms with van der Waals surface area (Å²) < 4.78 is 0. The van der Waals surface area contributed by atoms with Crippen LogP contribution in [-0.2, 0) is 6.54 Å². The van der Waals surface area contributed by atoms with Crippen molar-refractivity contribution in [3.05, 3.63) is 64.1 Å². The van der Waals surface area contributed by atoms with Crippen molar-refractivity contribution in [2.75, 3.05) is 31.1 Å². The molecule has 0 unspecified atom stereocenters. The number of carbonyl (C=O) groups excluding carboxylic acids is 1. The largest absolute Gasteiger partial charge is 0.367 e. The van der Waals surface area contributed by atoms with Gasteiger partial charge in [-0.25, -0.2) is 4.79 Å². The molecule has 3 rings (SSSR count). The number of urea groups is 1. The SMILES string of the molecule is O=C(NCc1ccccc1)N1CCN(c2cc(Cl)ccc2Cl)CC1. The van der Waals surface area contributed by atoms with Crippen molar-refractivity contribution >= 4 is 34.9 Å². The predicted octanol–water partition coefficient (Wildman–Crippen LogP) is 4.03. The van der Waals surface area contributed by atoms with Crippen LogP contribution < -0.4 is 10.2 Å². The molecule has 6 heteroatoms. The zero-order chi connectivity index (χ0) is 16.9. The van der Waals surface area contributed by atoms with Crippen molar-refractivity contribution in [3.8, 4) is 0 Å². The van der Waals surface area contributed by atoms with Crippen LogP contribution in [0.4, 0.5) is 10.5 Å². The highest BCUT2D eigenvalue weighted by Gasteiger charge is 2.22.